The Labute approximate surface area is 212 Å². The molecule has 1 heterocycles. The fourth-order valence-corrected chi connectivity index (χ4v) is 6.03. The van der Waals surface area contributed by atoms with E-state index in [4.69, 9.17) is 4.74 Å². The number of methoxy groups -OCH3 is 1. The number of hydrogen-bond acceptors (Lipinski definition) is 9. The normalized spacial score (nSPS) is 11.6. The van der Waals surface area contributed by atoms with Crippen LogP contribution in [-0.4, -0.2) is 41.0 Å². The second-order valence-electron chi connectivity index (χ2n) is 7.61. The molecular weight excluding hydrogens is 522 g/mol. The smallest absolute Gasteiger partial charge is 0.261 e. The average Bonchev–Trinajstić information content (AvgIpc) is 3.31. The van der Waals surface area contributed by atoms with Crippen molar-refractivity contribution < 1.29 is 26.4 Å². The van der Waals surface area contributed by atoms with Crippen LogP contribution in [0, 0.1) is 0 Å². The van der Waals surface area contributed by atoms with Crippen LogP contribution in [0.2, 0.25) is 0 Å². The van der Waals surface area contributed by atoms with Gasteiger partial charge in [-0.1, -0.05) is 29.5 Å². The van der Waals surface area contributed by atoms with Crippen LogP contribution in [0.15, 0.2) is 88.8 Å². The maximum Gasteiger partial charge on any atom is 0.261 e. The molecule has 0 amide bonds. The van der Waals surface area contributed by atoms with E-state index in [1.54, 1.807) is 48.5 Å². The summed E-state index contributed by atoms with van der Waals surface area (Å²) >= 11 is 1.05. The highest BCUT2D eigenvalue weighted by Gasteiger charge is 2.21. The van der Waals surface area contributed by atoms with Crippen LogP contribution >= 0.6 is 11.3 Å². The minimum Gasteiger partial charge on any atom is -0.497 e. The van der Waals surface area contributed by atoms with Gasteiger partial charge in [0, 0.05) is 17.5 Å². The summed E-state index contributed by atoms with van der Waals surface area (Å²) in [6.07, 6.45) is 2.42. The third kappa shape index (κ3) is 5.73. The number of sulfonamides is 1. The lowest BCUT2D eigenvalue weighted by molar-refractivity contribution is 0.103. The summed E-state index contributed by atoms with van der Waals surface area (Å²) in [4.78, 5) is 17.5. The summed E-state index contributed by atoms with van der Waals surface area (Å²) in [5.74, 6) is 0.0869. The average molecular weight is 544 g/mol. The number of ketones is 1. The van der Waals surface area contributed by atoms with E-state index < -0.39 is 25.6 Å². The number of benzene rings is 3. The predicted molar refractivity (Wildman–Crippen MR) is 139 cm³/mol. The summed E-state index contributed by atoms with van der Waals surface area (Å²) < 4.78 is 57.1. The topological polar surface area (TPSA) is 132 Å². The van der Waals surface area contributed by atoms with E-state index in [9.17, 15) is 21.6 Å². The highest BCUT2D eigenvalue weighted by molar-refractivity contribution is 7.92. The highest BCUT2D eigenvalue weighted by atomic mass is 32.2. The Kier molecular flexibility index (Phi) is 7.11. The molecule has 0 aliphatic rings. The van der Waals surface area contributed by atoms with Gasteiger partial charge in [0.25, 0.3) is 10.0 Å². The lowest BCUT2D eigenvalue weighted by Crippen LogP contribution is -2.12. The number of thiazole rings is 1. The molecule has 0 aliphatic carbocycles. The van der Waals surface area contributed by atoms with Crippen LogP contribution in [0.4, 0.5) is 16.5 Å². The number of nitrogens with one attached hydrogen (secondary N) is 2. The molecule has 4 rings (SSSR count). The summed E-state index contributed by atoms with van der Waals surface area (Å²) in [6, 6.07) is 18.6. The summed E-state index contributed by atoms with van der Waals surface area (Å²) in [5, 5.41) is 3.42. The first-order chi connectivity index (χ1) is 17.1. The standard InChI is InChI=1S/C24H21N3O6S3/c1-33-18-10-12-19(13-11-18)36(31,32)27-17-7-5-6-16(14-17)26-24-25-15-21(34-24)23(28)20-8-3-4-9-22(20)35(2,29)30/h3-15,27H,1-2H3,(H,25,26). The number of anilines is 3. The van der Waals surface area contributed by atoms with E-state index in [2.05, 4.69) is 15.0 Å². The molecule has 0 aliphatic heterocycles. The molecule has 186 valence electrons. The van der Waals surface area contributed by atoms with Gasteiger partial charge in [0.05, 0.1) is 33.7 Å². The minimum absolute atomic E-state index is 0.0465. The molecule has 0 saturated heterocycles. The van der Waals surface area contributed by atoms with Crippen molar-refractivity contribution in [2.45, 2.75) is 9.79 Å². The fraction of sp³-hybridized carbons (Fsp3) is 0.0833. The van der Waals surface area contributed by atoms with E-state index in [0.29, 0.717) is 22.3 Å². The molecule has 0 fully saturated rings. The van der Waals surface area contributed by atoms with Gasteiger partial charge in [-0.25, -0.2) is 21.8 Å². The van der Waals surface area contributed by atoms with E-state index in [1.165, 1.54) is 37.6 Å². The zero-order valence-corrected chi connectivity index (χ0v) is 21.6. The van der Waals surface area contributed by atoms with Gasteiger partial charge in [-0.3, -0.25) is 9.52 Å². The first kappa shape index (κ1) is 25.4. The fourth-order valence-electron chi connectivity index (χ4n) is 3.30. The van der Waals surface area contributed by atoms with Crippen LogP contribution in [0.5, 0.6) is 5.75 Å². The van der Waals surface area contributed by atoms with Crippen LogP contribution in [-0.2, 0) is 19.9 Å². The Bertz CT molecular complexity index is 1630. The van der Waals surface area contributed by atoms with Crippen molar-refractivity contribution in [1.82, 2.24) is 4.98 Å². The highest BCUT2D eigenvalue weighted by Crippen LogP contribution is 2.28. The molecule has 12 heteroatoms. The number of ether oxygens (including phenoxy) is 1. The lowest BCUT2D eigenvalue weighted by atomic mass is 10.1. The molecule has 1 aromatic heterocycles. The summed E-state index contributed by atoms with van der Waals surface area (Å²) in [5.41, 5.74) is 0.936. The zero-order valence-electron chi connectivity index (χ0n) is 19.1. The van der Waals surface area contributed by atoms with Crippen molar-refractivity contribution in [3.8, 4) is 5.75 Å². The van der Waals surface area contributed by atoms with Crippen molar-refractivity contribution in [2.24, 2.45) is 0 Å². The number of nitrogens with zero attached hydrogens (tertiary/aromatic N) is 1. The van der Waals surface area contributed by atoms with Gasteiger partial charge in [0.15, 0.2) is 15.0 Å². The van der Waals surface area contributed by atoms with Gasteiger partial charge in [0.2, 0.25) is 5.78 Å². The SMILES string of the molecule is COc1ccc(S(=O)(=O)Nc2cccc(Nc3ncc(C(=O)c4ccccc4S(C)(=O)=O)s3)c2)cc1. The predicted octanol–water partition coefficient (Wildman–Crippen LogP) is 4.33. The molecule has 9 nitrogen and oxygen atoms in total. The van der Waals surface area contributed by atoms with E-state index >= 15 is 0 Å². The Morgan fingerprint density at radius 2 is 1.61 bits per heavy atom. The molecule has 0 radical (unpaired) electrons. The second kappa shape index (κ2) is 10.1. The Balaban J connectivity index is 1.51. The molecular formula is C24H21N3O6S3. The molecule has 4 aromatic rings. The monoisotopic (exact) mass is 543 g/mol. The van der Waals surface area contributed by atoms with Crippen molar-refractivity contribution in [3.05, 3.63) is 89.4 Å². The van der Waals surface area contributed by atoms with Gasteiger partial charge >= 0.3 is 0 Å². The van der Waals surface area contributed by atoms with Gasteiger partial charge in [-0.05, 0) is 54.6 Å². The molecule has 0 saturated carbocycles. The first-order valence-electron chi connectivity index (χ1n) is 10.4. The van der Waals surface area contributed by atoms with Crippen LogP contribution in [0.3, 0.4) is 0 Å². The third-order valence-electron chi connectivity index (χ3n) is 5.00. The van der Waals surface area contributed by atoms with Crippen molar-refractivity contribution >= 4 is 53.5 Å². The van der Waals surface area contributed by atoms with E-state index in [1.807, 2.05) is 0 Å². The largest absolute Gasteiger partial charge is 0.497 e. The number of carbonyl (C=O) groups excluding carboxylic acids is 1. The number of sulfone groups is 1. The Morgan fingerprint density at radius 3 is 2.31 bits per heavy atom. The van der Waals surface area contributed by atoms with Crippen LogP contribution in [0.1, 0.15) is 15.2 Å². The van der Waals surface area contributed by atoms with Crippen LogP contribution < -0.4 is 14.8 Å². The number of hydrogen-bond donors (Lipinski definition) is 2. The van der Waals surface area contributed by atoms with Crippen molar-refractivity contribution in [1.29, 1.82) is 0 Å². The van der Waals surface area contributed by atoms with E-state index in [0.717, 1.165) is 17.6 Å². The summed E-state index contributed by atoms with van der Waals surface area (Å²) in [7, 11) is -5.91. The van der Waals surface area contributed by atoms with E-state index in [-0.39, 0.29) is 20.2 Å². The maximum absolute atomic E-state index is 13.0. The number of aromatic nitrogens is 1. The van der Waals surface area contributed by atoms with Gasteiger partial charge < -0.3 is 10.1 Å². The second-order valence-corrected chi connectivity index (χ2v) is 12.3. The molecule has 0 spiro atoms. The maximum atomic E-state index is 13.0. The number of carbonyl (C=O) groups is 1. The van der Waals surface area contributed by atoms with Gasteiger partial charge in [-0.2, -0.15) is 0 Å². The molecule has 0 unspecified atom stereocenters. The van der Waals surface area contributed by atoms with Crippen molar-refractivity contribution in [2.75, 3.05) is 23.4 Å². The Hall–Kier alpha value is -3.74. The molecule has 2 N–H and O–H groups in total. The molecule has 0 atom stereocenters. The lowest BCUT2D eigenvalue weighted by Gasteiger charge is -2.10. The van der Waals surface area contributed by atoms with Crippen molar-refractivity contribution in [3.63, 3.8) is 0 Å². The molecule has 0 bridgehead atoms. The Morgan fingerprint density at radius 1 is 0.917 bits per heavy atom. The zero-order chi connectivity index (χ0) is 25.9. The minimum atomic E-state index is -3.82. The molecule has 3 aromatic carbocycles. The van der Waals surface area contributed by atoms with Gasteiger partial charge in [-0.15, -0.1) is 0 Å². The first-order valence-corrected chi connectivity index (χ1v) is 14.6. The number of rotatable bonds is 9. The third-order valence-corrected chi connectivity index (χ3v) is 8.46. The van der Waals surface area contributed by atoms with Crippen LogP contribution in [0.25, 0.3) is 0 Å². The summed E-state index contributed by atoms with van der Waals surface area (Å²) in [6.45, 7) is 0. The van der Waals surface area contributed by atoms with Gasteiger partial charge in [0.1, 0.15) is 5.75 Å². The quantitative estimate of drug-likeness (QED) is 0.298. The molecule has 36 heavy (non-hydrogen) atoms.